The van der Waals surface area contributed by atoms with Crippen molar-refractivity contribution in [1.82, 2.24) is 14.5 Å². The van der Waals surface area contributed by atoms with Gasteiger partial charge in [0.25, 0.3) is 5.91 Å². The van der Waals surface area contributed by atoms with Crippen LogP contribution in [0.1, 0.15) is 32.8 Å². The molecule has 0 saturated carbocycles. The molecular formula is C23H28N4O5S. The third kappa shape index (κ3) is 4.62. The highest BCUT2D eigenvalue weighted by atomic mass is 32.2. The number of carbonyl (C=O) groups is 3. The summed E-state index contributed by atoms with van der Waals surface area (Å²) in [5.41, 5.74) is -0.201. The zero-order chi connectivity index (χ0) is 24.2. The minimum Gasteiger partial charge on any atom is -0.325 e. The SMILES string of the molecule is CCN(CC)S(=O)(=O)c1ccc(NC(=O)CN2C(=O)NC(CC)(c3ccccc3)C2=O)cc1. The van der Waals surface area contributed by atoms with E-state index in [1.54, 1.807) is 45.0 Å². The van der Waals surface area contributed by atoms with Gasteiger partial charge in [-0.05, 0) is 36.2 Å². The van der Waals surface area contributed by atoms with E-state index < -0.39 is 40.0 Å². The highest BCUT2D eigenvalue weighted by Gasteiger charge is 2.51. The van der Waals surface area contributed by atoms with Crippen molar-refractivity contribution in [3.8, 4) is 0 Å². The van der Waals surface area contributed by atoms with Gasteiger partial charge in [-0.1, -0.05) is 51.1 Å². The van der Waals surface area contributed by atoms with Crippen LogP contribution in [0, 0.1) is 0 Å². The standard InChI is InChI=1S/C23H28N4O5S/c1-4-23(17-10-8-7-9-11-17)21(29)27(22(30)25-23)16-20(28)24-18-12-14-19(15-13-18)33(31,32)26(5-2)6-3/h7-15H,4-6,16H2,1-3H3,(H,24,28)(H,25,30). The van der Waals surface area contributed by atoms with E-state index in [1.807, 2.05) is 6.07 Å². The Kier molecular flexibility index (Phi) is 7.19. The molecule has 2 aromatic rings. The van der Waals surface area contributed by atoms with Crippen LogP contribution in [0.4, 0.5) is 10.5 Å². The molecule has 10 heteroatoms. The lowest BCUT2D eigenvalue weighted by atomic mass is 9.87. The van der Waals surface area contributed by atoms with E-state index in [1.165, 1.54) is 28.6 Å². The average molecular weight is 473 g/mol. The van der Waals surface area contributed by atoms with Crippen LogP contribution in [-0.4, -0.2) is 55.1 Å². The Morgan fingerprint density at radius 3 is 2.15 bits per heavy atom. The fraction of sp³-hybridized carbons (Fsp3) is 0.348. The molecule has 0 aliphatic carbocycles. The molecule has 0 aromatic heterocycles. The van der Waals surface area contributed by atoms with Crippen LogP contribution < -0.4 is 10.6 Å². The Balaban J connectivity index is 1.71. The summed E-state index contributed by atoms with van der Waals surface area (Å²) in [6, 6.07) is 14.0. The molecule has 1 unspecified atom stereocenters. The molecule has 2 aromatic carbocycles. The summed E-state index contributed by atoms with van der Waals surface area (Å²) in [4.78, 5) is 39.2. The van der Waals surface area contributed by atoms with Gasteiger partial charge in [0.05, 0.1) is 4.90 Å². The lowest BCUT2D eigenvalue weighted by Gasteiger charge is -2.25. The van der Waals surface area contributed by atoms with Crippen LogP contribution >= 0.6 is 0 Å². The van der Waals surface area contributed by atoms with E-state index in [0.717, 1.165) is 4.90 Å². The molecule has 2 N–H and O–H groups in total. The number of sulfonamides is 1. The number of imide groups is 1. The van der Waals surface area contributed by atoms with Crippen molar-refractivity contribution in [3.63, 3.8) is 0 Å². The van der Waals surface area contributed by atoms with Crippen LogP contribution in [0.3, 0.4) is 0 Å². The lowest BCUT2D eigenvalue weighted by molar-refractivity contribution is -0.134. The van der Waals surface area contributed by atoms with Crippen molar-refractivity contribution in [1.29, 1.82) is 0 Å². The minimum absolute atomic E-state index is 0.119. The van der Waals surface area contributed by atoms with E-state index in [4.69, 9.17) is 0 Å². The molecule has 33 heavy (non-hydrogen) atoms. The number of nitrogens with zero attached hydrogens (tertiary/aromatic N) is 2. The number of rotatable bonds is 9. The van der Waals surface area contributed by atoms with E-state index >= 15 is 0 Å². The molecule has 1 aliphatic rings. The summed E-state index contributed by atoms with van der Waals surface area (Å²) in [5, 5.41) is 5.34. The number of anilines is 1. The van der Waals surface area contributed by atoms with Crippen molar-refractivity contribution in [3.05, 3.63) is 60.2 Å². The van der Waals surface area contributed by atoms with E-state index in [2.05, 4.69) is 10.6 Å². The fourth-order valence-electron chi connectivity index (χ4n) is 3.90. The van der Waals surface area contributed by atoms with Crippen LogP contribution in [0.5, 0.6) is 0 Å². The smallest absolute Gasteiger partial charge is 0.325 e. The van der Waals surface area contributed by atoms with Crippen molar-refractivity contribution in [2.24, 2.45) is 0 Å². The zero-order valence-corrected chi connectivity index (χ0v) is 19.7. The van der Waals surface area contributed by atoms with E-state index in [9.17, 15) is 22.8 Å². The molecule has 1 atom stereocenters. The number of carbonyl (C=O) groups excluding carboxylic acids is 3. The van der Waals surface area contributed by atoms with Crippen LogP contribution in [0.2, 0.25) is 0 Å². The molecule has 1 heterocycles. The molecule has 0 spiro atoms. The summed E-state index contributed by atoms with van der Waals surface area (Å²) >= 11 is 0. The zero-order valence-electron chi connectivity index (χ0n) is 18.9. The number of urea groups is 1. The highest BCUT2D eigenvalue weighted by Crippen LogP contribution is 2.32. The normalized spacial score (nSPS) is 18.5. The summed E-state index contributed by atoms with van der Waals surface area (Å²) in [5.74, 6) is -1.06. The van der Waals surface area contributed by atoms with Crippen LogP contribution in [-0.2, 0) is 25.2 Å². The quantitative estimate of drug-likeness (QED) is 0.544. The third-order valence-electron chi connectivity index (χ3n) is 5.76. The largest absolute Gasteiger partial charge is 0.325 e. The lowest BCUT2D eigenvalue weighted by Crippen LogP contribution is -2.44. The molecule has 1 fully saturated rings. The van der Waals surface area contributed by atoms with Crippen molar-refractivity contribution < 1.29 is 22.8 Å². The Labute approximate surface area is 193 Å². The predicted molar refractivity (Wildman–Crippen MR) is 124 cm³/mol. The van der Waals surface area contributed by atoms with Gasteiger partial charge in [-0.15, -0.1) is 0 Å². The van der Waals surface area contributed by atoms with Gasteiger partial charge in [-0.2, -0.15) is 4.31 Å². The predicted octanol–water partition coefficient (Wildman–Crippen LogP) is 2.51. The number of hydrogen-bond acceptors (Lipinski definition) is 5. The van der Waals surface area contributed by atoms with Gasteiger partial charge in [0.2, 0.25) is 15.9 Å². The van der Waals surface area contributed by atoms with Gasteiger partial charge < -0.3 is 10.6 Å². The topological polar surface area (TPSA) is 116 Å². The first-order valence-corrected chi connectivity index (χ1v) is 12.2. The van der Waals surface area contributed by atoms with Gasteiger partial charge in [0.1, 0.15) is 12.1 Å². The Morgan fingerprint density at radius 2 is 1.61 bits per heavy atom. The Bertz CT molecular complexity index is 1130. The molecule has 4 amide bonds. The van der Waals surface area contributed by atoms with Crippen molar-refractivity contribution >= 4 is 33.6 Å². The van der Waals surface area contributed by atoms with Crippen LogP contribution in [0.15, 0.2) is 59.5 Å². The van der Waals surface area contributed by atoms with Gasteiger partial charge in [-0.25, -0.2) is 13.2 Å². The van der Waals surface area contributed by atoms with Crippen molar-refractivity contribution in [2.45, 2.75) is 37.6 Å². The summed E-state index contributed by atoms with van der Waals surface area (Å²) < 4.78 is 26.5. The van der Waals surface area contributed by atoms with Gasteiger partial charge in [-0.3, -0.25) is 14.5 Å². The summed E-state index contributed by atoms with van der Waals surface area (Å²) in [6.45, 7) is 5.56. The summed E-state index contributed by atoms with van der Waals surface area (Å²) in [7, 11) is -3.61. The van der Waals surface area contributed by atoms with E-state index in [-0.39, 0.29) is 4.90 Å². The molecule has 0 radical (unpaired) electrons. The number of nitrogens with one attached hydrogen (secondary N) is 2. The maximum absolute atomic E-state index is 13.1. The van der Waals surface area contributed by atoms with E-state index in [0.29, 0.717) is 30.8 Å². The second-order valence-corrected chi connectivity index (χ2v) is 9.55. The monoisotopic (exact) mass is 472 g/mol. The number of benzene rings is 2. The highest BCUT2D eigenvalue weighted by molar-refractivity contribution is 7.89. The molecule has 0 bridgehead atoms. The van der Waals surface area contributed by atoms with Crippen LogP contribution in [0.25, 0.3) is 0 Å². The Hall–Kier alpha value is -3.24. The molecule has 9 nitrogen and oxygen atoms in total. The average Bonchev–Trinajstić information content (AvgIpc) is 3.05. The molecule has 176 valence electrons. The first-order valence-electron chi connectivity index (χ1n) is 10.8. The second kappa shape index (κ2) is 9.72. The van der Waals surface area contributed by atoms with Gasteiger partial charge in [0.15, 0.2) is 0 Å². The van der Waals surface area contributed by atoms with Gasteiger partial charge in [0, 0.05) is 18.8 Å². The second-order valence-electron chi connectivity index (χ2n) is 7.61. The number of amides is 4. The maximum Gasteiger partial charge on any atom is 0.325 e. The molecule has 1 aliphatic heterocycles. The minimum atomic E-state index is -3.61. The third-order valence-corrected chi connectivity index (χ3v) is 7.82. The molecule has 1 saturated heterocycles. The Morgan fingerprint density at radius 1 is 1.00 bits per heavy atom. The maximum atomic E-state index is 13.1. The number of hydrogen-bond donors (Lipinski definition) is 2. The first kappa shape index (κ1) is 24.4. The van der Waals surface area contributed by atoms with Crippen molar-refractivity contribution in [2.75, 3.05) is 25.0 Å². The van der Waals surface area contributed by atoms with Gasteiger partial charge >= 0.3 is 6.03 Å². The molecule has 3 rings (SSSR count). The summed E-state index contributed by atoms with van der Waals surface area (Å²) in [6.07, 6.45) is 0.335. The molecular weight excluding hydrogens is 444 g/mol. The first-order chi connectivity index (χ1) is 15.7. The fourth-order valence-corrected chi connectivity index (χ4v) is 5.36.